The third-order valence-electron chi connectivity index (χ3n) is 1.50. The third kappa shape index (κ3) is 3.68. The summed E-state index contributed by atoms with van der Waals surface area (Å²) in [6.07, 6.45) is 3.14. The number of rotatable bonds is 5. The highest BCUT2D eigenvalue weighted by Gasteiger charge is 2.17. The average molecular weight is 186 g/mol. The van der Waals surface area contributed by atoms with E-state index in [4.69, 9.17) is 5.21 Å². The second-order valence-corrected chi connectivity index (χ2v) is 2.55. The second kappa shape index (κ2) is 6.16. The summed E-state index contributed by atoms with van der Waals surface area (Å²) in [7, 11) is 0. The van der Waals surface area contributed by atoms with Gasteiger partial charge in [0.05, 0.1) is 4.92 Å². The molecule has 0 fully saturated rings. The van der Waals surface area contributed by atoms with Gasteiger partial charge in [-0.2, -0.15) is 0 Å². The smallest absolute Gasteiger partial charge is 0.290 e. The molecule has 0 saturated heterocycles. The lowest BCUT2D eigenvalue weighted by atomic mass is 10.1. The molecular weight excluding hydrogens is 172 g/mol. The van der Waals surface area contributed by atoms with Gasteiger partial charge in [0.2, 0.25) is 0 Å². The van der Waals surface area contributed by atoms with Gasteiger partial charge in [-0.15, -0.1) is 0 Å². The van der Waals surface area contributed by atoms with Gasteiger partial charge in [0, 0.05) is 0 Å². The molecule has 0 unspecified atom stereocenters. The van der Waals surface area contributed by atoms with Crippen molar-refractivity contribution in [1.82, 2.24) is 0 Å². The van der Waals surface area contributed by atoms with Crippen molar-refractivity contribution in [1.29, 1.82) is 0 Å². The Bertz CT molecular complexity index is 234. The Labute approximate surface area is 76.9 Å². The molecule has 0 radical (unpaired) electrons. The molecule has 0 spiro atoms. The van der Waals surface area contributed by atoms with E-state index in [-0.39, 0.29) is 11.4 Å². The summed E-state index contributed by atoms with van der Waals surface area (Å²) in [4.78, 5) is 9.99. The van der Waals surface area contributed by atoms with Crippen LogP contribution in [-0.2, 0) is 0 Å². The van der Waals surface area contributed by atoms with Crippen LogP contribution in [0.2, 0.25) is 0 Å². The molecule has 0 aromatic carbocycles. The molecule has 0 aliphatic carbocycles. The maximum atomic E-state index is 10.5. The Balaban J connectivity index is 4.71. The molecule has 0 bridgehead atoms. The van der Waals surface area contributed by atoms with E-state index < -0.39 is 4.92 Å². The van der Waals surface area contributed by atoms with Crippen LogP contribution in [0.3, 0.4) is 0 Å². The monoisotopic (exact) mass is 186 g/mol. The summed E-state index contributed by atoms with van der Waals surface area (Å²) in [5.74, 6) is 0. The second-order valence-electron chi connectivity index (χ2n) is 2.55. The fraction of sp³-hybridized carbons (Fsp3) is 0.625. The van der Waals surface area contributed by atoms with Crippen LogP contribution in [0.5, 0.6) is 0 Å². The van der Waals surface area contributed by atoms with Crippen molar-refractivity contribution in [3.8, 4) is 0 Å². The van der Waals surface area contributed by atoms with E-state index in [0.29, 0.717) is 19.3 Å². The zero-order valence-corrected chi connectivity index (χ0v) is 7.86. The van der Waals surface area contributed by atoms with Crippen molar-refractivity contribution < 1.29 is 10.1 Å². The quantitative estimate of drug-likeness (QED) is 0.309. The van der Waals surface area contributed by atoms with Crippen molar-refractivity contribution in [3.05, 3.63) is 21.9 Å². The molecule has 1 N–H and O–H groups in total. The van der Waals surface area contributed by atoms with Gasteiger partial charge in [0.1, 0.15) is 0 Å². The highest BCUT2D eigenvalue weighted by Crippen LogP contribution is 2.06. The molecule has 0 aromatic heterocycles. The molecule has 0 rings (SSSR count). The summed E-state index contributed by atoms with van der Waals surface area (Å²) in [6.45, 7) is 3.67. The lowest BCUT2D eigenvalue weighted by Crippen LogP contribution is -2.11. The average Bonchev–Trinajstić information content (AvgIpc) is 2.10. The van der Waals surface area contributed by atoms with E-state index in [1.165, 1.54) is 6.08 Å². The standard InChI is InChI=1S/C8H14N2O3/c1-3-5-7(9-11)8(6-4-2)10(12)13/h6,11H,3-5H2,1-2H3/b8-6+,9-7-. The van der Waals surface area contributed by atoms with Gasteiger partial charge >= 0.3 is 0 Å². The number of hydrogen-bond acceptors (Lipinski definition) is 4. The first kappa shape index (κ1) is 11.6. The Morgan fingerprint density at radius 3 is 2.54 bits per heavy atom. The number of oxime groups is 1. The molecule has 5 heteroatoms. The van der Waals surface area contributed by atoms with Gasteiger partial charge in [-0.1, -0.05) is 25.4 Å². The first-order chi connectivity index (χ1) is 6.17. The Morgan fingerprint density at radius 1 is 1.62 bits per heavy atom. The molecule has 0 aromatic rings. The van der Waals surface area contributed by atoms with Gasteiger partial charge in [0.25, 0.3) is 5.70 Å². The summed E-state index contributed by atoms with van der Waals surface area (Å²) in [5.41, 5.74) is 0.0567. The van der Waals surface area contributed by atoms with Crippen LogP contribution < -0.4 is 0 Å². The number of hydrogen-bond donors (Lipinski definition) is 1. The van der Waals surface area contributed by atoms with Gasteiger partial charge in [-0.3, -0.25) is 10.1 Å². The highest BCUT2D eigenvalue weighted by molar-refractivity contribution is 5.97. The van der Waals surface area contributed by atoms with Gasteiger partial charge in [-0.25, -0.2) is 0 Å². The van der Waals surface area contributed by atoms with E-state index in [9.17, 15) is 10.1 Å². The molecule has 0 aliphatic heterocycles. The van der Waals surface area contributed by atoms with Crippen LogP contribution in [0.1, 0.15) is 33.1 Å². The predicted octanol–water partition coefficient (Wildman–Crippen LogP) is 2.19. The Kier molecular flexibility index (Phi) is 5.50. The van der Waals surface area contributed by atoms with Crippen molar-refractivity contribution in [2.75, 3.05) is 0 Å². The molecule has 5 nitrogen and oxygen atoms in total. The van der Waals surface area contributed by atoms with E-state index in [2.05, 4.69) is 5.16 Å². The highest BCUT2D eigenvalue weighted by atomic mass is 16.6. The van der Waals surface area contributed by atoms with E-state index in [0.717, 1.165) is 0 Å². The summed E-state index contributed by atoms with van der Waals surface area (Å²) >= 11 is 0. The van der Waals surface area contributed by atoms with Crippen molar-refractivity contribution in [3.63, 3.8) is 0 Å². The molecular formula is C8H14N2O3. The third-order valence-corrected chi connectivity index (χ3v) is 1.50. The van der Waals surface area contributed by atoms with Crippen molar-refractivity contribution >= 4 is 5.71 Å². The molecule has 0 saturated carbocycles. The van der Waals surface area contributed by atoms with Crippen LogP contribution >= 0.6 is 0 Å². The topological polar surface area (TPSA) is 75.7 Å². The normalized spacial score (nSPS) is 13.1. The lowest BCUT2D eigenvalue weighted by molar-refractivity contribution is -0.415. The zero-order chi connectivity index (χ0) is 10.3. The van der Waals surface area contributed by atoms with E-state index >= 15 is 0 Å². The molecule has 0 aliphatic rings. The van der Waals surface area contributed by atoms with Gasteiger partial charge in [0.15, 0.2) is 5.71 Å². The zero-order valence-electron chi connectivity index (χ0n) is 7.86. The fourth-order valence-corrected chi connectivity index (χ4v) is 0.957. The molecule has 0 heterocycles. The Morgan fingerprint density at radius 2 is 2.23 bits per heavy atom. The molecule has 0 amide bonds. The van der Waals surface area contributed by atoms with E-state index in [1.807, 2.05) is 6.92 Å². The molecule has 13 heavy (non-hydrogen) atoms. The number of nitrogens with zero attached hydrogens (tertiary/aromatic N) is 2. The van der Waals surface area contributed by atoms with Crippen molar-refractivity contribution in [2.24, 2.45) is 5.16 Å². The minimum atomic E-state index is -0.520. The van der Waals surface area contributed by atoms with Crippen LogP contribution in [-0.4, -0.2) is 15.8 Å². The maximum Gasteiger partial charge on any atom is 0.290 e. The predicted molar refractivity (Wildman–Crippen MR) is 49.5 cm³/mol. The largest absolute Gasteiger partial charge is 0.410 e. The van der Waals surface area contributed by atoms with Gasteiger partial charge in [-0.05, 0) is 18.9 Å². The number of allylic oxidation sites excluding steroid dienone is 2. The van der Waals surface area contributed by atoms with Crippen LogP contribution in [0, 0.1) is 10.1 Å². The fourth-order valence-electron chi connectivity index (χ4n) is 0.957. The van der Waals surface area contributed by atoms with Gasteiger partial charge < -0.3 is 5.21 Å². The minimum absolute atomic E-state index is 0.0909. The molecule has 0 atom stereocenters. The maximum absolute atomic E-state index is 10.5. The lowest BCUT2D eigenvalue weighted by Gasteiger charge is -1.98. The minimum Gasteiger partial charge on any atom is -0.410 e. The molecule has 74 valence electrons. The summed E-state index contributed by atoms with van der Waals surface area (Å²) in [6, 6.07) is 0. The van der Waals surface area contributed by atoms with Crippen LogP contribution in [0.15, 0.2) is 16.9 Å². The first-order valence-corrected chi connectivity index (χ1v) is 4.23. The summed E-state index contributed by atoms with van der Waals surface area (Å²) < 4.78 is 0. The van der Waals surface area contributed by atoms with Crippen LogP contribution in [0.4, 0.5) is 0 Å². The summed E-state index contributed by atoms with van der Waals surface area (Å²) in [5, 5.41) is 22.0. The van der Waals surface area contributed by atoms with E-state index in [1.54, 1.807) is 6.92 Å². The first-order valence-electron chi connectivity index (χ1n) is 4.23. The Hall–Kier alpha value is -1.39. The van der Waals surface area contributed by atoms with Crippen LogP contribution in [0.25, 0.3) is 0 Å². The number of nitro groups is 1. The van der Waals surface area contributed by atoms with Crippen molar-refractivity contribution in [2.45, 2.75) is 33.1 Å². The SMILES string of the molecule is CC/C=C(\C(CCC)=N/O)[N+](=O)[O-].